The number of rotatable bonds is 2. The highest BCUT2D eigenvalue weighted by Gasteiger charge is 2.06. The number of nitrogen functional groups attached to an aromatic ring is 1. The van der Waals surface area contributed by atoms with Crippen LogP contribution < -0.4 is 11.1 Å². The Balaban J connectivity index is 2.45. The first kappa shape index (κ1) is 12.9. The van der Waals surface area contributed by atoms with Gasteiger partial charge in [-0.05, 0) is 36.4 Å². The van der Waals surface area contributed by atoms with Crippen molar-refractivity contribution in [3.05, 3.63) is 52.0 Å². The molecule has 5 heteroatoms. The fourth-order valence-electron chi connectivity index (χ4n) is 1.60. The maximum absolute atomic E-state index is 9.07. The first-order valence-corrected chi connectivity index (χ1v) is 6.19. The molecule has 92 valence electrons. The van der Waals surface area contributed by atoms with Gasteiger partial charge in [-0.3, -0.25) is 0 Å². The van der Waals surface area contributed by atoms with E-state index in [1.165, 1.54) is 0 Å². The third-order valence-electron chi connectivity index (χ3n) is 2.55. The van der Waals surface area contributed by atoms with Gasteiger partial charge in [0.05, 0.1) is 34.3 Å². The molecule has 0 heterocycles. The second-order valence-electron chi connectivity index (χ2n) is 3.84. The topological polar surface area (TPSA) is 85.6 Å². The summed E-state index contributed by atoms with van der Waals surface area (Å²) in [6, 6.07) is 14.4. The van der Waals surface area contributed by atoms with E-state index in [2.05, 4.69) is 33.4 Å². The molecule has 0 bridgehead atoms. The molecular formula is C14H9BrN4. The van der Waals surface area contributed by atoms with Crippen LogP contribution >= 0.6 is 15.9 Å². The van der Waals surface area contributed by atoms with E-state index in [0.29, 0.717) is 28.2 Å². The maximum atomic E-state index is 9.07. The van der Waals surface area contributed by atoms with Gasteiger partial charge < -0.3 is 11.1 Å². The summed E-state index contributed by atoms with van der Waals surface area (Å²) < 4.78 is 0.851. The van der Waals surface area contributed by atoms with Crippen molar-refractivity contribution < 1.29 is 0 Å². The summed E-state index contributed by atoms with van der Waals surface area (Å²) in [7, 11) is 0. The minimum atomic E-state index is 0.505. The standard InChI is InChI=1S/C14H9BrN4/c15-11-3-2-10(8-17)13(6-11)19-14-5-9(7-16)1-4-12(14)18/h1-6,19H,18H2. The zero-order valence-electron chi connectivity index (χ0n) is 9.81. The molecule has 0 saturated carbocycles. The zero-order valence-corrected chi connectivity index (χ0v) is 11.4. The Morgan fingerprint density at radius 3 is 2.47 bits per heavy atom. The highest BCUT2D eigenvalue weighted by atomic mass is 79.9. The van der Waals surface area contributed by atoms with Crippen molar-refractivity contribution in [2.75, 3.05) is 11.1 Å². The minimum Gasteiger partial charge on any atom is -0.397 e. The molecule has 3 N–H and O–H groups in total. The Labute approximate surface area is 119 Å². The van der Waals surface area contributed by atoms with Crippen LogP contribution in [-0.2, 0) is 0 Å². The normalized spacial score (nSPS) is 9.42. The van der Waals surface area contributed by atoms with Gasteiger partial charge in [0.15, 0.2) is 0 Å². The van der Waals surface area contributed by atoms with Crippen LogP contribution in [0.25, 0.3) is 0 Å². The average molecular weight is 313 g/mol. The number of hydrogen-bond donors (Lipinski definition) is 2. The zero-order chi connectivity index (χ0) is 13.8. The summed E-state index contributed by atoms with van der Waals surface area (Å²) in [4.78, 5) is 0. The van der Waals surface area contributed by atoms with Crippen LogP contribution in [-0.4, -0.2) is 0 Å². The van der Waals surface area contributed by atoms with E-state index in [1.807, 2.05) is 0 Å². The summed E-state index contributed by atoms with van der Waals surface area (Å²) in [5, 5.41) is 21.0. The third-order valence-corrected chi connectivity index (χ3v) is 3.05. The lowest BCUT2D eigenvalue weighted by Gasteiger charge is -2.11. The molecule has 0 aliphatic carbocycles. The minimum absolute atomic E-state index is 0.505. The molecule has 0 amide bonds. The van der Waals surface area contributed by atoms with Crippen LogP contribution in [0.5, 0.6) is 0 Å². The second kappa shape index (κ2) is 5.43. The number of hydrogen-bond acceptors (Lipinski definition) is 4. The SMILES string of the molecule is N#Cc1ccc(N)c(Nc2cc(Br)ccc2C#N)c1. The predicted molar refractivity (Wildman–Crippen MR) is 77.7 cm³/mol. The number of anilines is 3. The molecule has 0 aromatic heterocycles. The Hall–Kier alpha value is -2.50. The molecule has 0 aliphatic heterocycles. The Morgan fingerprint density at radius 1 is 1.00 bits per heavy atom. The average Bonchev–Trinajstić information content (AvgIpc) is 2.41. The van der Waals surface area contributed by atoms with E-state index in [-0.39, 0.29) is 0 Å². The van der Waals surface area contributed by atoms with Crippen LogP contribution in [0.1, 0.15) is 11.1 Å². The lowest BCUT2D eigenvalue weighted by atomic mass is 10.1. The van der Waals surface area contributed by atoms with Gasteiger partial charge in [0.25, 0.3) is 0 Å². The summed E-state index contributed by atoms with van der Waals surface area (Å²) in [5.41, 5.74) is 8.62. The van der Waals surface area contributed by atoms with Gasteiger partial charge in [0.1, 0.15) is 6.07 Å². The van der Waals surface area contributed by atoms with E-state index in [1.54, 1.807) is 36.4 Å². The molecule has 0 unspecified atom stereocenters. The largest absolute Gasteiger partial charge is 0.397 e. The molecule has 2 rings (SSSR count). The molecule has 0 atom stereocenters. The van der Waals surface area contributed by atoms with Crippen molar-refractivity contribution in [1.82, 2.24) is 0 Å². The molecule has 0 spiro atoms. The number of nitrogens with two attached hydrogens (primary N) is 1. The van der Waals surface area contributed by atoms with Gasteiger partial charge in [-0.15, -0.1) is 0 Å². The maximum Gasteiger partial charge on any atom is 0.101 e. The van der Waals surface area contributed by atoms with E-state index in [9.17, 15) is 0 Å². The summed E-state index contributed by atoms with van der Waals surface area (Å²) in [6.45, 7) is 0. The molecule has 0 saturated heterocycles. The van der Waals surface area contributed by atoms with Gasteiger partial charge in [0, 0.05) is 4.47 Å². The lowest BCUT2D eigenvalue weighted by molar-refractivity contribution is 1.44. The van der Waals surface area contributed by atoms with Crippen molar-refractivity contribution in [2.24, 2.45) is 0 Å². The number of nitrogens with one attached hydrogen (secondary N) is 1. The fourth-order valence-corrected chi connectivity index (χ4v) is 1.96. The first-order chi connectivity index (χ1) is 9.13. The van der Waals surface area contributed by atoms with Gasteiger partial charge in [-0.25, -0.2) is 0 Å². The van der Waals surface area contributed by atoms with Gasteiger partial charge in [0.2, 0.25) is 0 Å². The van der Waals surface area contributed by atoms with Crippen molar-refractivity contribution in [2.45, 2.75) is 0 Å². The molecular weight excluding hydrogens is 304 g/mol. The number of halogens is 1. The molecule has 0 aliphatic rings. The number of nitriles is 2. The molecule has 2 aromatic carbocycles. The fraction of sp³-hybridized carbons (Fsp3) is 0. The van der Waals surface area contributed by atoms with E-state index < -0.39 is 0 Å². The summed E-state index contributed by atoms with van der Waals surface area (Å²) >= 11 is 3.35. The predicted octanol–water partition coefficient (Wildman–Crippen LogP) is 3.52. The molecule has 19 heavy (non-hydrogen) atoms. The molecule has 0 radical (unpaired) electrons. The van der Waals surface area contributed by atoms with Crippen LogP contribution in [0.2, 0.25) is 0 Å². The highest BCUT2D eigenvalue weighted by Crippen LogP contribution is 2.28. The quantitative estimate of drug-likeness (QED) is 0.831. The van der Waals surface area contributed by atoms with E-state index in [0.717, 1.165) is 4.47 Å². The Bertz CT molecular complexity index is 710. The van der Waals surface area contributed by atoms with E-state index in [4.69, 9.17) is 16.3 Å². The molecule has 4 nitrogen and oxygen atoms in total. The van der Waals surface area contributed by atoms with Crippen LogP contribution in [0.15, 0.2) is 40.9 Å². The molecule has 2 aromatic rings. The number of benzene rings is 2. The van der Waals surface area contributed by atoms with Gasteiger partial charge >= 0.3 is 0 Å². The Kier molecular flexibility index (Phi) is 3.70. The molecule has 0 fully saturated rings. The van der Waals surface area contributed by atoms with Crippen molar-refractivity contribution >= 4 is 33.0 Å². The lowest BCUT2D eigenvalue weighted by Crippen LogP contribution is -1.98. The monoisotopic (exact) mass is 312 g/mol. The van der Waals surface area contributed by atoms with Gasteiger partial charge in [-0.2, -0.15) is 10.5 Å². The first-order valence-electron chi connectivity index (χ1n) is 5.40. The number of nitrogens with zero attached hydrogens (tertiary/aromatic N) is 2. The third kappa shape index (κ3) is 2.85. The Morgan fingerprint density at radius 2 is 1.79 bits per heavy atom. The summed E-state index contributed by atoms with van der Waals surface area (Å²) in [6.07, 6.45) is 0. The smallest absolute Gasteiger partial charge is 0.101 e. The second-order valence-corrected chi connectivity index (χ2v) is 4.76. The van der Waals surface area contributed by atoms with Crippen molar-refractivity contribution in [1.29, 1.82) is 10.5 Å². The summed E-state index contributed by atoms with van der Waals surface area (Å²) in [5.74, 6) is 0. The van der Waals surface area contributed by atoms with Crippen LogP contribution in [0.3, 0.4) is 0 Å². The van der Waals surface area contributed by atoms with E-state index >= 15 is 0 Å². The van der Waals surface area contributed by atoms with Crippen molar-refractivity contribution in [3.63, 3.8) is 0 Å². The van der Waals surface area contributed by atoms with Gasteiger partial charge in [-0.1, -0.05) is 15.9 Å². The highest BCUT2D eigenvalue weighted by molar-refractivity contribution is 9.10. The van der Waals surface area contributed by atoms with Crippen LogP contribution in [0, 0.1) is 22.7 Å². The van der Waals surface area contributed by atoms with Crippen molar-refractivity contribution in [3.8, 4) is 12.1 Å². The van der Waals surface area contributed by atoms with Crippen LogP contribution in [0.4, 0.5) is 17.1 Å².